The Balaban J connectivity index is 1.89. The molecule has 1 aliphatic carbocycles. The van der Waals surface area contributed by atoms with Crippen LogP contribution in [0.2, 0.25) is 0 Å². The van der Waals surface area contributed by atoms with Gasteiger partial charge in [0.1, 0.15) is 0 Å². The van der Waals surface area contributed by atoms with Gasteiger partial charge >= 0.3 is 0 Å². The van der Waals surface area contributed by atoms with Crippen molar-refractivity contribution in [2.24, 2.45) is 17.8 Å². The van der Waals surface area contributed by atoms with E-state index in [0.29, 0.717) is 11.8 Å². The second-order valence-corrected chi connectivity index (χ2v) is 5.24. The molecule has 1 aliphatic heterocycles. The molecule has 1 heterocycles. The Kier molecular flexibility index (Phi) is 3.48. The van der Waals surface area contributed by atoms with Crippen molar-refractivity contribution in [1.82, 2.24) is 4.90 Å². The third kappa shape index (κ3) is 2.21. The maximum atomic E-state index is 12.2. The number of hydrogen-bond donors (Lipinski definition) is 0. The van der Waals surface area contributed by atoms with E-state index in [0.717, 1.165) is 32.4 Å². The van der Waals surface area contributed by atoms with Crippen LogP contribution in [0.15, 0.2) is 0 Å². The SMILES string of the molecule is CC1CCCC1C(=O)N1CCC(C#N)CC1. The smallest absolute Gasteiger partial charge is 0.225 e. The summed E-state index contributed by atoms with van der Waals surface area (Å²) in [5, 5.41) is 8.82. The molecule has 2 rings (SSSR count). The Bertz CT molecular complexity index is 300. The summed E-state index contributed by atoms with van der Waals surface area (Å²) >= 11 is 0. The number of amides is 1. The van der Waals surface area contributed by atoms with E-state index in [4.69, 9.17) is 5.26 Å². The molecule has 0 bridgehead atoms. The van der Waals surface area contributed by atoms with Gasteiger partial charge < -0.3 is 4.90 Å². The number of likely N-dealkylation sites (tertiary alicyclic amines) is 1. The Labute approximate surface area is 97.4 Å². The second kappa shape index (κ2) is 4.86. The third-order valence-electron chi connectivity index (χ3n) is 4.17. The van der Waals surface area contributed by atoms with Crippen molar-refractivity contribution < 1.29 is 4.79 Å². The molecule has 2 aliphatic rings. The first-order valence-electron chi connectivity index (χ1n) is 6.40. The van der Waals surface area contributed by atoms with Gasteiger partial charge in [-0.05, 0) is 31.6 Å². The fourth-order valence-corrected chi connectivity index (χ4v) is 2.98. The van der Waals surface area contributed by atoms with Crippen LogP contribution >= 0.6 is 0 Å². The summed E-state index contributed by atoms with van der Waals surface area (Å²) in [5.74, 6) is 1.34. The van der Waals surface area contributed by atoms with Gasteiger partial charge in [-0.25, -0.2) is 0 Å². The molecule has 0 aromatic rings. The van der Waals surface area contributed by atoms with Crippen molar-refractivity contribution in [3.63, 3.8) is 0 Å². The number of rotatable bonds is 1. The van der Waals surface area contributed by atoms with Gasteiger partial charge in [0.2, 0.25) is 5.91 Å². The van der Waals surface area contributed by atoms with Crippen LogP contribution in [0.1, 0.15) is 39.0 Å². The average molecular weight is 220 g/mol. The van der Waals surface area contributed by atoms with Crippen LogP contribution < -0.4 is 0 Å². The lowest BCUT2D eigenvalue weighted by molar-refractivity contribution is -0.137. The van der Waals surface area contributed by atoms with E-state index in [1.165, 1.54) is 12.8 Å². The predicted octanol–water partition coefficient (Wildman–Crippen LogP) is 2.18. The summed E-state index contributed by atoms with van der Waals surface area (Å²) in [5.41, 5.74) is 0. The first-order chi connectivity index (χ1) is 7.72. The maximum Gasteiger partial charge on any atom is 0.225 e. The molecular formula is C13H20N2O. The summed E-state index contributed by atoms with van der Waals surface area (Å²) in [6.45, 7) is 3.78. The van der Waals surface area contributed by atoms with Gasteiger partial charge in [0.15, 0.2) is 0 Å². The molecule has 3 heteroatoms. The second-order valence-electron chi connectivity index (χ2n) is 5.24. The summed E-state index contributed by atoms with van der Waals surface area (Å²) < 4.78 is 0. The molecule has 0 spiro atoms. The highest BCUT2D eigenvalue weighted by atomic mass is 16.2. The number of hydrogen-bond acceptors (Lipinski definition) is 2. The van der Waals surface area contributed by atoms with E-state index in [1.807, 2.05) is 4.90 Å². The molecule has 1 amide bonds. The van der Waals surface area contributed by atoms with Gasteiger partial charge in [-0.1, -0.05) is 13.3 Å². The number of piperidine rings is 1. The van der Waals surface area contributed by atoms with E-state index in [9.17, 15) is 4.79 Å². The van der Waals surface area contributed by atoms with Crippen molar-refractivity contribution >= 4 is 5.91 Å². The van der Waals surface area contributed by atoms with Gasteiger partial charge in [0.05, 0.1) is 6.07 Å². The van der Waals surface area contributed by atoms with Crippen LogP contribution in [0.3, 0.4) is 0 Å². The summed E-state index contributed by atoms with van der Waals surface area (Å²) in [7, 11) is 0. The minimum Gasteiger partial charge on any atom is -0.342 e. The normalized spacial score (nSPS) is 31.4. The Morgan fingerprint density at radius 1 is 1.25 bits per heavy atom. The summed E-state index contributed by atoms with van der Waals surface area (Å²) in [6.07, 6.45) is 5.20. The highest BCUT2D eigenvalue weighted by molar-refractivity contribution is 5.79. The van der Waals surface area contributed by atoms with Gasteiger partial charge in [-0.15, -0.1) is 0 Å². The molecule has 1 saturated heterocycles. The molecule has 88 valence electrons. The van der Waals surface area contributed by atoms with Crippen LogP contribution in [0, 0.1) is 29.1 Å². The lowest BCUT2D eigenvalue weighted by atomic mass is 9.93. The van der Waals surface area contributed by atoms with E-state index in [-0.39, 0.29) is 11.8 Å². The lowest BCUT2D eigenvalue weighted by Gasteiger charge is -2.32. The van der Waals surface area contributed by atoms with E-state index in [2.05, 4.69) is 13.0 Å². The van der Waals surface area contributed by atoms with Crippen LogP contribution in [-0.4, -0.2) is 23.9 Å². The fraction of sp³-hybridized carbons (Fsp3) is 0.846. The largest absolute Gasteiger partial charge is 0.342 e. The van der Waals surface area contributed by atoms with Crippen LogP contribution in [0.25, 0.3) is 0 Å². The molecule has 16 heavy (non-hydrogen) atoms. The van der Waals surface area contributed by atoms with Crippen LogP contribution in [-0.2, 0) is 4.79 Å². The lowest BCUT2D eigenvalue weighted by Crippen LogP contribution is -2.42. The first kappa shape index (κ1) is 11.4. The Morgan fingerprint density at radius 3 is 2.44 bits per heavy atom. The minimum atomic E-state index is 0.171. The highest BCUT2D eigenvalue weighted by Gasteiger charge is 2.34. The Morgan fingerprint density at radius 2 is 1.94 bits per heavy atom. The average Bonchev–Trinajstić information content (AvgIpc) is 2.75. The molecule has 0 N–H and O–H groups in total. The van der Waals surface area contributed by atoms with Crippen LogP contribution in [0.5, 0.6) is 0 Å². The minimum absolute atomic E-state index is 0.171. The highest BCUT2D eigenvalue weighted by Crippen LogP contribution is 2.33. The van der Waals surface area contributed by atoms with Gasteiger partial charge in [0.25, 0.3) is 0 Å². The number of carbonyl (C=O) groups is 1. The molecule has 2 fully saturated rings. The van der Waals surface area contributed by atoms with E-state index in [1.54, 1.807) is 0 Å². The molecule has 0 aromatic carbocycles. The zero-order valence-corrected chi connectivity index (χ0v) is 9.98. The van der Waals surface area contributed by atoms with Crippen molar-refractivity contribution in [1.29, 1.82) is 5.26 Å². The summed E-state index contributed by atoms with van der Waals surface area (Å²) in [4.78, 5) is 14.2. The molecular weight excluding hydrogens is 200 g/mol. The van der Waals surface area contributed by atoms with Crippen molar-refractivity contribution in [2.75, 3.05) is 13.1 Å². The number of nitriles is 1. The van der Waals surface area contributed by atoms with Crippen molar-refractivity contribution in [3.8, 4) is 6.07 Å². The molecule has 0 radical (unpaired) electrons. The van der Waals surface area contributed by atoms with Crippen LogP contribution in [0.4, 0.5) is 0 Å². The van der Waals surface area contributed by atoms with E-state index < -0.39 is 0 Å². The van der Waals surface area contributed by atoms with Gasteiger partial charge in [0, 0.05) is 24.9 Å². The van der Waals surface area contributed by atoms with Gasteiger partial charge in [-0.3, -0.25) is 4.79 Å². The standard InChI is InChI=1S/C13H20N2O/c1-10-3-2-4-12(10)13(16)15-7-5-11(9-14)6-8-15/h10-12H,2-8H2,1H3. The molecule has 2 atom stereocenters. The molecule has 0 aromatic heterocycles. The van der Waals surface area contributed by atoms with Crippen molar-refractivity contribution in [2.45, 2.75) is 39.0 Å². The molecule has 2 unspecified atom stereocenters. The summed E-state index contributed by atoms with van der Waals surface area (Å²) in [6, 6.07) is 2.30. The topological polar surface area (TPSA) is 44.1 Å². The third-order valence-corrected chi connectivity index (χ3v) is 4.17. The fourth-order valence-electron chi connectivity index (χ4n) is 2.98. The van der Waals surface area contributed by atoms with Gasteiger partial charge in [-0.2, -0.15) is 5.26 Å². The number of nitrogens with zero attached hydrogens (tertiary/aromatic N) is 2. The maximum absolute atomic E-state index is 12.2. The van der Waals surface area contributed by atoms with E-state index >= 15 is 0 Å². The monoisotopic (exact) mass is 220 g/mol. The van der Waals surface area contributed by atoms with Crippen molar-refractivity contribution in [3.05, 3.63) is 0 Å². The quantitative estimate of drug-likeness (QED) is 0.680. The molecule has 1 saturated carbocycles. The molecule has 3 nitrogen and oxygen atoms in total. The zero-order chi connectivity index (χ0) is 11.5. The zero-order valence-electron chi connectivity index (χ0n) is 9.98. The first-order valence-corrected chi connectivity index (χ1v) is 6.40. The predicted molar refractivity (Wildman–Crippen MR) is 61.4 cm³/mol. The number of carbonyl (C=O) groups excluding carboxylic acids is 1. The Hall–Kier alpha value is -1.04.